The maximum atomic E-state index is 11.9. The monoisotopic (exact) mass is 339 g/mol. The average molecular weight is 339 g/mol. The molecule has 0 atom stereocenters. The minimum Gasteiger partial charge on any atom is -0.370 e. The summed E-state index contributed by atoms with van der Waals surface area (Å²) in [6, 6.07) is 11.7. The highest BCUT2D eigenvalue weighted by molar-refractivity contribution is 5.93. The third-order valence-electron chi connectivity index (χ3n) is 3.63. The van der Waals surface area contributed by atoms with Crippen LogP contribution in [0.3, 0.4) is 0 Å². The number of pyridine rings is 1. The Labute approximate surface area is 148 Å². The number of aryl methyl sites for hydroxylation is 1. The molecule has 6 nitrogen and oxygen atoms in total. The van der Waals surface area contributed by atoms with Crippen molar-refractivity contribution in [2.45, 2.75) is 33.1 Å². The van der Waals surface area contributed by atoms with Crippen LogP contribution in [-0.4, -0.2) is 23.4 Å². The largest absolute Gasteiger partial charge is 0.370 e. The van der Waals surface area contributed by atoms with E-state index in [1.165, 1.54) is 5.56 Å². The van der Waals surface area contributed by atoms with Gasteiger partial charge in [0.05, 0.1) is 6.54 Å². The maximum absolute atomic E-state index is 11.9. The van der Waals surface area contributed by atoms with Crippen molar-refractivity contribution in [3.05, 3.63) is 53.7 Å². The van der Waals surface area contributed by atoms with Gasteiger partial charge in [0.2, 0.25) is 5.91 Å². The molecular weight excluding hydrogens is 314 g/mol. The van der Waals surface area contributed by atoms with Crippen LogP contribution in [-0.2, 0) is 4.79 Å². The SMILES string of the molecule is Cc1ccc(NC(=O)CCN=C(N)Nc2cccc(C(C)C)c2)nc1. The van der Waals surface area contributed by atoms with Crippen LogP contribution in [0, 0.1) is 6.92 Å². The molecule has 1 aromatic heterocycles. The molecule has 1 aromatic carbocycles. The zero-order chi connectivity index (χ0) is 18.2. The van der Waals surface area contributed by atoms with Crippen LogP contribution in [0.5, 0.6) is 0 Å². The molecular formula is C19H25N5O. The average Bonchev–Trinajstić information content (AvgIpc) is 2.57. The lowest BCUT2D eigenvalue weighted by Gasteiger charge is -2.10. The van der Waals surface area contributed by atoms with Crippen molar-refractivity contribution >= 4 is 23.4 Å². The van der Waals surface area contributed by atoms with E-state index < -0.39 is 0 Å². The summed E-state index contributed by atoms with van der Waals surface area (Å²) in [6.45, 7) is 6.52. The van der Waals surface area contributed by atoms with Crippen molar-refractivity contribution in [2.75, 3.05) is 17.2 Å². The lowest BCUT2D eigenvalue weighted by molar-refractivity contribution is -0.116. The molecule has 0 saturated carbocycles. The van der Waals surface area contributed by atoms with Gasteiger partial charge in [0.1, 0.15) is 5.82 Å². The van der Waals surface area contributed by atoms with Gasteiger partial charge in [-0.3, -0.25) is 9.79 Å². The Bertz CT molecular complexity index is 738. The van der Waals surface area contributed by atoms with Gasteiger partial charge >= 0.3 is 0 Å². The smallest absolute Gasteiger partial charge is 0.227 e. The Hall–Kier alpha value is -2.89. The van der Waals surface area contributed by atoms with Gasteiger partial charge in [-0.25, -0.2) is 4.98 Å². The summed E-state index contributed by atoms with van der Waals surface area (Å²) in [6.07, 6.45) is 1.95. The summed E-state index contributed by atoms with van der Waals surface area (Å²) in [5, 5.41) is 5.78. The number of guanidine groups is 1. The van der Waals surface area contributed by atoms with Crippen molar-refractivity contribution in [3.8, 4) is 0 Å². The summed E-state index contributed by atoms with van der Waals surface area (Å²) in [4.78, 5) is 20.2. The first-order chi connectivity index (χ1) is 11.9. The van der Waals surface area contributed by atoms with Gasteiger partial charge in [-0.15, -0.1) is 0 Å². The molecule has 2 aromatic rings. The van der Waals surface area contributed by atoms with E-state index in [1.54, 1.807) is 12.3 Å². The molecule has 0 unspecified atom stereocenters. The molecule has 2 rings (SSSR count). The molecule has 0 aliphatic rings. The molecule has 0 saturated heterocycles. The van der Waals surface area contributed by atoms with E-state index >= 15 is 0 Å². The van der Waals surface area contributed by atoms with Crippen LogP contribution >= 0.6 is 0 Å². The first-order valence-electron chi connectivity index (χ1n) is 8.33. The lowest BCUT2D eigenvalue weighted by atomic mass is 10.0. The molecule has 25 heavy (non-hydrogen) atoms. The molecule has 0 radical (unpaired) electrons. The van der Waals surface area contributed by atoms with Crippen LogP contribution in [0.25, 0.3) is 0 Å². The number of nitrogens with zero attached hydrogens (tertiary/aromatic N) is 2. The fourth-order valence-corrected chi connectivity index (χ4v) is 2.19. The summed E-state index contributed by atoms with van der Waals surface area (Å²) in [5.74, 6) is 1.13. The third-order valence-corrected chi connectivity index (χ3v) is 3.63. The molecule has 4 N–H and O–H groups in total. The molecule has 0 spiro atoms. The third kappa shape index (κ3) is 6.25. The number of anilines is 2. The van der Waals surface area contributed by atoms with Crippen LogP contribution < -0.4 is 16.4 Å². The lowest BCUT2D eigenvalue weighted by Crippen LogP contribution is -2.23. The van der Waals surface area contributed by atoms with Gasteiger partial charge in [0.25, 0.3) is 0 Å². The van der Waals surface area contributed by atoms with Gasteiger partial charge < -0.3 is 16.4 Å². The standard InChI is InChI=1S/C19H25N5O/c1-13(2)15-5-4-6-16(11-15)23-19(20)21-10-9-18(25)24-17-8-7-14(3)12-22-17/h4-8,11-13H,9-10H2,1-3H3,(H3,20,21,23)(H,22,24,25). The number of nitrogens with one attached hydrogen (secondary N) is 2. The van der Waals surface area contributed by atoms with E-state index in [0.29, 0.717) is 24.2 Å². The number of rotatable bonds is 6. The van der Waals surface area contributed by atoms with Crippen LogP contribution in [0.2, 0.25) is 0 Å². The van der Waals surface area contributed by atoms with Gasteiger partial charge in [0.15, 0.2) is 5.96 Å². The maximum Gasteiger partial charge on any atom is 0.227 e. The molecule has 6 heteroatoms. The molecule has 0 bridgehead atoms. The Morgan fingerprint density at radius 3 is 2.72 bits per heavy atom. The predicted molar refractivity (Wildman–Crippen MR) is 103 cm³/mol. The summed E-state index contributed by atoms with van der Waals surface area (Å²) in [5.41, 5.74) is 9.04. The van der Waals surface area contributed by atoms with Gasteiger partial charge in [0, 0.05) is 18.3 Å². The summed E-state index contributed by atoms with van der Waals surface area (Å²) < 4.78 is 0. The molecule has 1 amide bonds. The highest BCUT2D eigenvalue weighted by Gasteiger charge is 2.04. The predicted octanol–water partition coefficient (Wildman–Crippen LogP) is 3.27. The van der Waals surface area contributed by atoms with E-state index in [4.69, 9.17) is 5.73 Å². The van der Waals surface area contributed by atoms with E-state index in [2.05, 4.69) is 40.5 Å². The van der Waals surface area contributed by atoms with Crippen molar-refractivity contribution in [1.82, 2.24) is 4.98 Å². The highest BCUT2D eigenvalue weighted by Crippen LogP contribution is 2.18. The number of hydrogen-bond donors (Lipinski definition) is 3. The second kappa shape index (κ2) is 8.82. The number of benzene rings is 1. The fourth-order valence-electron chi connectivity index (χ4n) is 2.19. The van der Waals surface area contributed by atoms with Crippen molar-refractivity contribution < 1.29 is 4.79 Å². The van der Waals surface area contributed by atoms with E-state index in [1.807, 2.05) is 31.2 Å². The number of hydrogen-bond acceptors (Lipinski definition) is 3. The second-order valence-electron chi connectivity index (χ2n) is 6.19. The van der Waals surface area contributed by atoms with E-state index in [0.717, 1.165) is 11.3 Å². The molecule has 0 fully saturated rings. The second-order valence-corrected chi connectivity index (χ2v) is 6.19. The molecule has 0 aliphatic heterocycles. The van der Waals surface area contributed by atoms with Gasteiger partial charge in [-0.05, 0) is 42.2 Å². The fraction of sp³-hybridized carbons (Fsp3) is 0.316. The summed E-state index contributed by atoms with van der Waals surface area (Å²) in [7, 11) is 0. The summed E-state index contributed by atoms with van der Waals surface area (Å²) >= 11 is 0. The van der Waals surface area contributed by atoms with Crippen LogP contribution in [0.15, 0.2) is 47.6 Å². The zero-order valence-corrected chi connectivity index (χ0v) is 14.9. The minimum atomic E-state index is -0.144. The highest BCUT2D eigenvalue weighted by atomic mass is 16.1. The molecule has 0 aliphatic carbocycles. The quantitative estimate of drug-likeness (QED) is 0.556. The van der Waals surface area contributed by atoms with Gasteiger partial charge in [-0.1, -0.05) is 32.0 Å². The number of nitrogens with two attached hydrogens (primary N) is 1. The first-order valence-corrected chi connectivity index (χ1v) is 8.33. The van der Waals surface area contributed by atoms with Crippen molar-refractivity contribution in [1.29, 1.82) is 0 Å². The molecule has 132 valence electrons. The molecule has 1 heterocycles. The first kappa shape index (κ1) is 18.4. The van der Waals surface area contributed by atoms with Crippen molar-refractivity contribution in [2.24, 2.45) is 10.7 Å². The van der Waals surface area contributed by atoms with Gasteiger partial charge in [-0.2, -0.15) is 0 Å². The number of aliphatic imine (C=N–C) groups is 1. The van der Waals surface area contributed by atoms with Crippen LogP contribution in [0.1, 0.15) is 37.3 Å². The topological polar surface area (TPSA) is 92.4 Å². The number of carbonyl (C=O) groups is 1. The number of aromatic nitrogens is 1. The van der Waals surface area contributed by atoms with Crippen molar-refractivity contribution in [3.63, 3.8) is 0 Å². The zero-order valence-electron chi connectivity index (χ0n) is 14.9. The Balaban J connectivity index is 1.81. The normalized spacial score (nSPS) is 11.4. The minimum absolute atomic E-state index is 0.144. The Kier molecular flexibility index (Phi) is 6.51. The number of carbonyl (C=O) groups excluding carboxylic acids is 1. The van der Waals surface area contributed by atoms with Crippen LogP contribution in [0.4, 0.5) is 11.5 Å². The van der Waals surface area contributed by atoms with E-state index in [-0.39, 0.29) is 12.3 Å². The van der Waals surface area contributed by atoms with E-state index in [9.17, 15) is 4.79 Å². The Morgan fingerprint density at radius 1 is 1.24 bits per heavy atom. The Morgan fingerprint density at radius 2 is 2.04 bits per heavy atom. The number of amides is 1.